The highest BCUT2D eigenvalue weighted by Gasteiger charge is 2.25. The standard InChI is InChI=1S/C74H46N4/c1-3-23-57(24-4-1)77(58-25-5-2-6-26-58)59-38-39-62-66(45-59)61-28-14-13-27-60(61)65-44-53-37-40-69-71(64(53)46-67(62)65)63-29-15-16-30-68(63)78(69)74-75-72(55-35-32-48-18-8-11-21-51(48)42-55)70(54-34-31-47-17-7-10-20-50(47)41-54)73(76-74)56-36-33-49-19-9-12-22-52(49)43-56/h1-46H. The van der Waals surface area contributed by atoms with Gasteiger partial charge in [0.2, 0.25) is 5.95 Å². The number of hydrogen-bond donors (Lipinski definition) is 0. The Balaban J connectivity index is 0.979. The Morgan fingerprint density at radius 3 is 1.29 bits per heavy atom. The molecule has 14 aromatic carbocycles. The first-order chi connectivity index (χ1) is 38.7. The molecular formula is C74H46N4. The zero-order valence-corrected chi connectivity index (χ0v) is 42.3. The topological polar surface area (TPSA) is 34.0 Å². The van der Waals surface area contributed by atoms with Gasteiger partial charge in [0, 0.05) is 44.5 Å². The van der Waals surface area contributed by atoms with Gasteiger partial charge < -0.3 is 4.90 Å². The first-order valence-electron chi connectivity index (χ1n) is 26.7. The monoisotopic (exact) mass is 990 g/mol. The van der Waals surface area contributed by atoms with E-state index in [9.17, 15) is 0 Å². The van der Waals surface area contributed by atoms with E-state index in [1.54, 1.807) is 0 Å². The molecule has 4 nitrogen and oxygen atoms in total. The predicted molar refractivity (Wildman–Crippen MR) is 330 cm³/mol. The summed E-state index contributed by atoms with van der Waals surface area (Å²) in [5, 5.41) is 19.0. The molecule has 0 N–H and O–H groups in total. The molecule has 0 aliphatic carbocycles. The number of rotatable bonds is 7. The lowest BCUT2D eigenvalue weighted by molar-refractivity contribution is 0.997. The lowest BCUT2D eigenvalue weighted by atomic mass is 9.91. The van der Waals surface area contributed by atoms with Crippen molar-refractivity contribution in [1.82, 2.24) is 14.5 Å². The summed E-state index contributed by atoms with van der Waals surface area (Å²) >= 11 is 0. The Kier molecular flexibility index (Phi) is 9.91. The Labute approximate surface area is 450 Å². The van der Waals surface area contributed by atoms with Crippen LogP contribution in [0.25, 0.3) is 137 Å². The number of para-hydroxylation sites is 3. The number of fused-ring (bicyclic) bond motifs is 14. The molecule has 0 atom stereocenters. The fraction of sp³-hybridized carbons (Fsp3) is 0. The van der Waals surface area contributed by atoms with Crippen molar-refractivity contribution >= 4 is 114 Å². The molecular weight excluding hydrogens is 945 g/mol. The van der Waals surface area contributed by atoms with Crippen LogP contribution in [0, 0.1) is 0 Å². The molecule has 0 radical (unpaired) electrons. The van der Waals surface area contributed by atoms with E-state index in [1.165, 1.54) is 64.6 Å². The zero-order valence-electron chi connectivity index (χ0n) is 42.3. The van der Waals surface area contributed by atoms with Crippen LogP contribution >= 0.6 is 0 Å². The Hall–Kier alpha value is -10.4. The van der Waals surface area contributed by atoms with E-state index in [0.29, 0.717) is 5.95 Å². The minimum atomic E-state index is 0.613. The molecule has 0 spiro atoms. The van der Waals surface area contributed by atoms with Crippen molar-refractivity contribution in [2.45, 2.75) is 0 Å². The van der Waals surface area contributed by atoms with Crippen molar-refractivity contribution in [3.8, 4) is 39.6 Å². The maximum atomic E-state index is 5.82. The van der Waals surface area contributed by atoms with Crippen LogP contribution in [0.1, 0.15) is 0 Å². The third kappa shape index (κ3) is 7.01. The molecule has 78 heavy (non-hydrogen) atoms. The van der Waals surface area contributed by atoms with E-state index in [0.717, 1.165) is 83.3 Å². The summed E-state index contributed by atoms with van der Waals surface area (Å²) in [5.41, 5.74) is 11.3. The Morgan fingerprint density at radius 2 is 0.705 bits per heavy atom. The Bertz CT molecular complexity index is 4960. The van der Waals surface area contributed by atoms with Gasteiger partial charge in [-0.15, -0.1) is 0 Å². The van der Waals surface area contributed by atoms with Crippen LogP contribution in [0.5, 0.6) is 0 Å². The van der Waals surface area contributed by atoms with Crippen molar-refractivity contribution in [3.63, 3.8) is 0 Å². The summed E-state index contributed by atoms with van der Waals surface area (Å²) in [7, 11) is 0. The van der Waals surface area contributed by atoms with Crippen LogP contribution in [0.3, 0.4) is 0 Å². The second-order valence-corrected chi connectivity index (χ2v) is 20.5. The van der Waals surface area contributed by atoms with Gasteiger partial charge in [0.25, 0.3) is 0 Å². The average Bonchev–Trinajstić information content (AvgIpc) is 4.07. The first kappa shape index (κ1) is 43.9. The second-order valence-electron chi connectivity index (χ2n) is 20.5. The van der Waals surface area contributed by atoms with Gasteiger partial charge in [0.1, 0.15) is 0 Å². The van der Waals surface area contributed by atoms with Gasteiger partial charge in [-0.3, -0.25) is 4.57 Å². The summed E-state index contributed by atoms with van der Waals surface area (Å²) in [6.07, 6.45) is 0. The SMILES string of the molecule is c1ccc(N(c2ccccc2)c2ccc3c(c2)c2ccccc2c2cc4ccc5c(c4cc32)c2ccccc2n5-c2nc(-c3ccc4ccccc4c3)c(-c3ccc4ccccc4c3)c(-c3ccc4ccccc4c3)n2)cc1. The predicted octanol–water partition coefficient (Wildman–Crippen LogP) is 20.1. The normalized spacial score (nSPS) is 11.8. The van der Waals surface area contributed by atoms with Gasteiger partial charge in [-0.2, -0.15) is 0 Å². The van der Waals surface area contributed by atoms with Crippen LogP contribution in [0.2, 0.25) is 0 Å². The number of benzene rings is 14. The number of anilines is 3. The number of aromatic nitrogens is 3. The molecule has 0 unspecified atom stereocenters. The summed E-state index contributed by atoms with van der Waals surface area (Å²) in [6.45, 7) is 0. The molecule has 0 amide bonds. The molecule has 0 aliphatic heterocycles. The largest absolute Gasteiger partial charge is 0.310 e. The molecule has 0 saturated heterocycles. The quantitative estimate of drug-likeness (QED) is 0.118. The van der Waals surface area contributed by atoms with Crippen molar-refractivity contribution in [2.24, 2.45) is 0 Å². The highest BCUT2D eigenvalue weighted by atomic mass is 15.2. The molecule has 0 aliphatic rings. The second kappa shape index (κ2) is 17.6. The fourth-order valence-electron chi connectivity index (χ4n) is 12.4. The summed E-state index contributed by atoms with van der Waals surface area (Å²) in [6, 6.07) is 101. The first-order valence-corrected chi connectivity index (χ1v) is 26.7. The molecule has 4 heteroatoms. The van der Waals surface area contributed by atoms with Crippen molar-refractivity contribution in [2.75, 3.05) is 4.90 Å². The lowest BCUT2D eigenvalue weighted by Gasteiger charge is -2.26. The van der Waals surface area contributed by atoms with E-state index in [2.05, 4.69) is 289 Å². The maximum absolute atomic E-state index is 5.82. The number of nitrogens with zero attached hydrogens (tertiary/aromatic N) is 4. The van der Waals surface area contributed by atoms with Crippen molar-refractivity contribution < 1.29 is 0 Å². The highest BCUT2D eigenvalue weighted by molar-refractivity contribution is 6.31. The molecule has 16 aromatic rings. The van der Waals surface area contributed by atoms with Crippen LogP contribution in [-0.2, 0) is 0 Å². The molecule has 2 aromatic heterocycles. The van der Waals surface area contributed by atoms with Crippen LogP contribution < -0.4 is 4.90 Å². The van der Waals surface area contributed by atoms with E-state index < -0.39 is 0 Å². The summed E-state index contributed by atoms with van der Waals surface area (Å²) in [5.74, 6) is 0.613. The molecule has 0 bridgehead atoms. The summed E-state index contributed by atoms with van der Waals surface area (Å²) < 4.78 is 2.31. The van der Waals surface area contributed by atoms with Crippen LogP contribution in [0.4, 0.5) is 17.1 Å². The highest BCUT2D eigenvalue weighted by Crippen LogP contribution is 2.46. The van der Waals surface area contributed by atoms with Crippen LogP contribution in [0.15, 0.2) is 279 Å². The maximum Gasteiger partial charge on any atom is 0.235 e. The third-order valence-corrected chi connectivity index (χ3v) is 16.1. The van der Waals surface area contributed by atoms with Gasteiger partial charge in [-0.05, 0) is 160 Å². The molecule has 0 saturated carbocycles. The minimum absolute atomic E-state index is 0.613. The minimum Gasteiger partial charge on any atom is -0.310 e. The molecule has 16 rings (SSSR count). The van der Waals surface area contributed by atoms with E-state index in [1.807, 2.05) is 0 Å². The van der Waals surface area contributed by atoms with E-state index in [4.69, 9.17) is 9.97 Å². The lowest BCUT2D eigenvalue weighted by Crippen LogP contribution is -2.09. The van der Waals surface area contributed by atoms with Gasteiger partial charge in [0.15, 0.2) is 0 Å². The Morgan fingerprint density at radius 1 is 0.256 bits per heavy atom. The third-order valence-electron chi connectivity index (χ3n) is 16.1. The molecule has 2 heterocycles. The average molecular weight is 991 g/mol. The number of hydrogen-bond acceptors (Lipinski definition) is 3. The smallest absolute Gasteiger partial charge is 0.235 e. The summed E-state index contributed by atoms with van der Waals surface area (Å²) in [4.78, 5) is 14.0. The van der Waals surface area contributed by atoms with E-state index in [-0.39, 0.29) is 0 Å². The van der Waals surface area contributed by atoms with Crippen molar-refractivity contribution in [3.05, 3.63) is 279 Å². The van der Waals surface area contributed by atoms with Gasteiger partial charge in [-0.25, -0.2) is 9.97 Å². The zero-order chi connectivity index (χ0) is 51.3. The van der Waals surface area contributed by atoms with Gasteiger partial charge >= 0.3 is 0 Å². The van der Waals surface area contributed by atoms with E-state index >= 15 is 0 Å². The molecule has 0 fully saturated rings. The molecule has 362 valence electrons. The van der Waals surface area contributed by atoms with Gasteiger partial charge in [-0.1, -0.05) is 200 Å². The van der Waals surface area contributed by atoms with Crippen LogP contribution in [-0.4, -0.2) is 14.5 Å². The fourth-order valence-corrected chi connectivity index (χ4v) is 12.4. The van der Waals surface area contributed by atoms with Crippen molar-refractivity contribution in [1.29, 1.82) is 0 Å². The van der Waals surface area contributed by atoms with Gasteiger partial charge in [0.05, 0.1) is 22.4 Å².